The van der Waals surface area contributed by atoms with E-state index >= 15 is 0 Å². The largest absolute Gasteiger partial charge is 0.456 e. The van der Waals surface area contributed by atoms with Crippen molar-refractivity contribution in [3.8, 4) is 11.5 Å². The Kier molecular flexibility index (Phi) is 5.60. The minimum Gasteiger partial charge on any atom is -0.456 e. The van der Waals surface area contributed by atoms with E-state index in [1.807, 2.05) is 36.4 Å². The van der Waals surface area contributed by atoms with E-state index in [1.165, 1.54) is 10.8 Å². The Morgan fingerprint density at radius 1 is 0.400 bits per heavy atom. The predicted octanol–water partition coefficient (Wildman–Crippen LogP) is 13.1. The standard InChI is InChI=1S/C45H26N2O3/c1-2-11-29(12-3-1)47(30-19-21-34-40(25-30)49-39-24-18-27-9-4-6-13-32(27)42(34)39)31-20-22-35-41(26-31)48-38-16-8-15-36(43(35)38)45-46-37-23-17-28-10-5-7-14-33(28)44(37)50-45/h1-26H. The molecule has 0 N–H and O–H groups in total. The highest BCUT2D eigenvalue weighted by Crippen LogP contribution is 2.43. The third-order valence-corrected chi connectivity index (χ3v) is 9.87. The Morgan fingerprint density at radius 2 is 1.04 bits per heavy atom. The summed E-state index contributed by atoms with van der Waals surface area (Å²) in [5, 5.41) is 8.78. The van der Waals surface area contributed by atoms with Gasteiger partial charge in [0.05, 0.1) is 0 Å². The van der Waals surface area contributed by atoms with Crippen LogP contribution in [-0.2, 0) is 0 Å². The number of fused-ring (bicyclic) bond motifs is 11. The van der Waals surface area contributed by atoms with Crippen LogP contribution in [0, 0.1) is 0 Å². The first-order valence-corrected chi connectivity index (χ1v) is 16.7. The molecule has 0 aliphatic heterocycles. The molecule has 0 aliphatic rings. The molecule has 0 fully saturated rings. The third-order valence-electron chi connectivity index (χ3n) is 9.87. The fourth-order valence-corrected chi connectivity index (χ4v) is 7.60. The van der Waals surface area contributed by atoms with Gasteiger partial charge in [0, 0.05) is 61.7 Å². The Morgan fingerprint density at radius 3 is 1.82 bits per heavy atom. The maximum absolute atomic E-state index is 6.56. The van der Waals surface area contributed by atoms with Crippen LogP contribution in [0.4, 0.5) is 17.1 Å². The first-order chi connectivity index (χ1) is 24.8. The van der Waals surface area contributed by atoms with Gasteiger partial charge in [0.25, 0.3) is 0 Å². The van der Waals surface area contributed by atoms with Gasteiger partial charge in [-0.15, -0.1) is 0 Å². The molecular weight excluding hydrogens is 617 g/mol. The Hall–Kier alpha value is -6.85. The van der Waals surface area contributed by atoms with Crippen LogP contribution in [0.15, 0.2) is 171 Å². The number of aromatic nitrogens is 1. The molecule has 0 spiro atoms. The topological polar surface area (TPSA) is 55.6 Å². The van der Waals surface area contributed by atoms with Gasteiger partial charge < -0.3 is 18.2 Å². The van der Waals surface area contributed by atoms with Gasteiger partial charge in [0.1, 0.15) is 27.8 Å². The van der Waals surface area contributed by atoms with Crippen LogP contribution in [0.25, 0.3) is 88.0 Å². The van der Waals surface area contributed by atoms with Crippen molar-refractivity contribution in [2.75, 3.05) is 4.90 Å². The molecule has 5 nitrogen and oxygen atoms in total. The fraction of sp³-hybridized carbons (Fsp3) is 0. The Bertz CT molecular complexity index is 3110. The van der Waals surface area contributed by atoms with E-state index in [1.54, 1.807) is 0 Å². The molecule has 11 aromatic rings. The number of para-hydroxylation sites is 1. The van der Waals surface area contributed by atoms with Crippen molar-refractivity contribution in [1.29, 1.82) is 0 Å². The minimum atomic E-state index is 0.576. The predicted molar refractivity (Wildman–Crippen MR) is 204 cm³/mol. The normalized spacial score (nSPS) is 12.0. The molecule has 11 rings (SSSR count). The second kappa shape index (κ2) is 10.3. The van der Waals surface area contributed by atoms with E-state index in [-0.39, 0.29) is 0 Å². The Balaban J connectivity index is 1.07. The van der Waals surface area contributed by atoms with Gasteiger partial charge in [-0.25, -0.2) is 4.98 Å². The monoisotopic (exact) mass is 642 g/mol. The summed E-state index contributed by atoms with van der Waals surface area (Å²) in [4.78, 5) is 7.17. The molecule has 50 heavy (non-hydrogen) atoms. The van der Waals surface area contributed by atoms with Gasteiger partial charge >= 0.3 is 0 Å². The lowest BCUT2D eigenvalue weighted by Crippen LogP contribution is -2.09. The van der Waals surface area contributed by atoms with Crippen molar-refractivity contribution in [3.63, 3.8) is 0 Å². The van der Waals surface area contributed by atoms with Crippen molar-refractivity contribution in [2.24, 2.45) is 0 Å². The maximum Gasteiger partial charge on any atom is 0.228 e. The van der Waals surface area contributed by atoms with Crippen LogP contribution in [0.5, 0.6) is 0 Å². The number of furan rings is 2. The zero-order chi connectivity index (χ0) is 32.8. The van der Waals surface area contributed by atoms with E-state index in [9.17, 15) is 0 Å². The highest BCUT2D eigenvalue weighted by atomic mass is 16.4. The highest BCUT2D eigenvalue weighted by Gasteiger charge is 2.21. The van der Waals surface area contributed by atoms with E-state index in [0.717, 1.165) is 88.4 Å². The molecule has 0 aliphatic carbocycles. The lowest BCUT2D eigenvalue weighted by atomic mass is 10.0. The van der Waals surface area contributed by atoms with Crippen LogP contribution in [-0.4, -0.2) is 4.98 Å². The number of nitrogens with zero attached hydrogens (tertiary/aromatic N) is 2. The first-order valence-electron chi connectivity index (χ1n) is 16.7. The summed E-state index contributed by atoms with van der Waals surface area (Å²) in [5.74, 6) is 0.576. The third kappa shape index (κ3) is 3.98. The summed E-state index contributed by atoms with van der Waals surface area (Å²) in [6, 6.07) is 54.3. The second-order valence-corrected chi connectivity index (χ2v) is 12.7. The van der Waals surface area contributed by atoms with Gasteiger partial charge in [0.2, 0.25) is 5.89 Å². The minimum absolute atomic E-state index is 0.576. The molecular formula is C45H26N2O3. The summed E-state index contributed by atoms with van der Waals surface area (Å²) >= 11 is 0. The Labute approximate surface area is 285 Å². The molecule has 0 unspecified atom stereocenters. The molecule has 3 aromatic heterocycles. The summed E-state index contributed by atoms with van der Waals surface area (Å²) in [6.07, 6.45) is 0. The quantitative estimate of drug-likeness (QED) is 0.191. The molecule has 0 radical (unpaired) electrons. The van der Waals surface area contributed by atoms with E-state index in [2.05, 4.69) is 126 Å². The fourth-order valence-electron chi connectivity index (χ4n) is 7.60. The van der Waals surface area contributed by atoms with Crippen LogP contribution < -0.4 is 4.90 Å². The van der Waals surface area contributed by atoms with Crippen LogP contribution in [0.1, 0.15) is 0 Å². The van der Waals surface area contributed by atoms with E-state index in [0.29, 0.717) is 5.89 Å². The molecule has 5 heteroatoms. The lowest BCUT2D eigenvalue weighted by Gasteiger charge is -2.25. The average Bonchev–Trinajstić information content (AvgIpc) is 3.88. The number of hydrogen-bond acceptors (Lipinski definition) is 5. The van der Waals surface area contributed by atoms with Gasteiger partial charge in [-0.3, -0.25) is 0 Å². The van der Waals surface area contributed by atoms with Crippen molar-refractivity contribution in [1.82, 2.24) is 4.98 Å². The molecule has 3 heterocycles. The molecule has 234 valence electrons. The SMILES string of the molecule is c1ccc(N(c2ccc3c(c2)oc2cccc(-c4nc5ccc6ccccc6c5o4)c23)c2ccc3c(c2)oc2ccc4ccccc4c23)cc1. The summed E-state index contributed by atoms with van der Waals surface area (Å²) < 4.78 is 19.5. The van der Waals surface area contributed by atoms with Crippen molar-refractivity contribution < 1.29 is 13.3 Å². The van der Waals surface area contributed by atoms with Crippen LogP contribution in [0.3, 0.4) is 0 Å². The summed E-state index contributed by atoms with van der Waals surface area (Å²) in [7, 11) is 0. The van der Waals surface area contributed by atoms with Gasteiger partial charge in [-0.1, -0.05) is 84.9 Å². The molecule has 0 bridgehead atoms. The van der Waals surface area contributed by atoms with Crippen molar-refractivity contribution >= 4 is 93.6 Å². The lowest BCUT2D eigenvalue weighted by molar-refractivity contribution is 0.623. The molecule has 0 amide bonds. The zero-order valence-corrected chi connectivity index (χ0v) is 26.6. The maximum atomic E-state index is 6.56. The van der Waals surface area contributed by atoms with Gasteiger partial charge in [-0.05, 0) is 76.8 Å². The molecule has 8 aromatic carbocycles. The summed E-state index contributed by atoms with van der Waals surface area (Å²) in [5.41, 5.74) is 8.80. The van der Waals surface area contributed by atoms with Crippen LogP contribution in [0.2, 0.25) is 0 Å². The molecule has 0 atom stereocenters. The number of anilines is 3. The average molecular weight is 643 g/mol. The number of rotatable bonds is 4. The highest BCUT2D eigenvalue weighted by molar-refractivity contribution is 6.19. The van der Waals surface area contributed by atoms with Gasteiger partial charge in [0.15, 0.2) is 5.58 Å². The second-order valence-electron chi connectivity index (χ2n) is 12.7. The number of oxazole rings is 1. The zero-order valence-electron chi connectivity index (χ0n) is 26.6. The van der Waals surface area contributed by atoms with Crippen LogP contribution >= 0.6 is 0 Å². The smallest absolute Gasteiger partial charge is 0.228 e. The first kappa shape index (κ1) is 27.1. The van der Waals surface area contributed by atoms with E-state index < -0.39 is 0 Å². The van der Waals surface area contributed by atoms with Gasteiger partial charge in [-0.2, -0.15) is 0 Å². The number of benzene rings is 8. The molecule has 0 saturated carbocycles. The van der Waals surface area contributed by atoms with E-state index in [4.69, 9.17) is 18.2 Å². The van der Waals surface area contributed by atoms with Crippen molar-refractivity contribution in [3.05, 3.63) is 158 Å². The molecule has 0 saturated heterocycles. The summed E-state index contributed by atoms with van der Waals surface area (Å²) in [6.45, 7) is 0. The number of hydrogen-bond donors (Lipinski definition) is 0. The van der Waals surface area contributed by atoms with Crippen molar-refractivity contribution in [2.45, 2.75) is 0 Å².